The predicted octanol–water partition coefficient (Wildman–Crippen LogP) is 0.462. The van der Waals surface area contributed by atoms with Crippen LogP contribution in [0, 0.1) is 0 Å². The molecule has 0 amide bonds. The van der Waals surface area contributed by atoms with Crippen LogP contribution in [0.3, 0.4) is 0 Å². The van der Waals surface area contributed by atoms with Crippen LogP contribution in [0.15, 0.2) is 0 Å². The summed E-state index contributed by atoms with van der Waals surface area (Å²) >= 11 is 0. The second kappa shape index (κ2) is 6.57. The Morgan fingerprint density at radius 1 is 1.36 bits per heavy atom. The van der Waals surface area contributed by atoms with Crippen LogP contribution in [0.2, 0.25) is 0 Å². The molecule has 0 saturated heterocycles. The van der Waals surface area contributed by atoms with Gasteiger partial charge in [0.15, 0.2) is 0 Å². The van der Waals surface area contributed by atoms with E-state index in [0.29, 0.717) is 6.26 Å². The molecule has 70 valence electrons. The van der Waals surface area contributed by atoms with Gasteiger partial charge in [0.2, 0.25) is 0 Å². The SMILES string of the molecule is CCCN(C)C.CS(=O)(=O)O. The molecule has 0 aromatic carbocycles. The Balaban J connectivity index is 0. The van der Waals surface area contributed by atoms with Crippen molar-refractivity contribution in [1.82, 2.24) is 4.90 Å². The van der Waals surface area contributed by atoms with Crippen molar-refractivity contribution in [3.63, 3.8) is 0 Å². The molecule has 1 N–H and O–H groups in total. The normalized spacial score (nSPS) is 10.7. The smallest absolute Gasteiger partial charge is 0.261 e. The zero-order valence-corrected chi connectivity index (χ0v) is 8.35. The highest BCUT2D eigenvalue weighted by atomic mass is 32.2. The Morgan fingerprint density at radius 2 is 1.64 bits per heavy atom. The summed E-state index contributed by atoms with van der Waals surface area (Å²) in [5.74, 6) is 0. The van der Waals surface area contributed by atoms with Gasteiger partial charge in [-0.25, -0.2) is 0 Å². The fourth-order valence-corrected chi connectivity index (χ4v) is 0.447. The van der Waals surface area contributed by atoms with Gasteiger partial charge in [0.25, 0.3) is 10.1 Å². The first-order valence-electron chi connectivity index (χ1n) is 3.34. The molecule has 0 unspecified atom stereocenters. The van der Waals surface area contributed by atoms with Gasteiger partial charge in [-0.2, -0.15) is 8.42 Å². The van der Waals surface area contributed by atoms with Crippen LogP contribution in [-0.2, 0) is 10.1 Å². The van der Waals surface area contributed by atoms with Gasteiger partial charge in [0.05, 0.1) is 6.26 Å². The van der Waals surface area contributed by atoms with E-state index >= 15 is 0 Å². The van der Waals surface area contributed by atoms with E-state index in [4.69, 9.17) is 4.55 Å². The van der Waals surface area contributed by atoms with E-state index in [1.54, 1.807) is 0 Å². The summed E-state index contributed by atoms with van der Waals surface area (Å²) < 4.78 is 25.9. The van der Waals surface area contributed by atoms with Crippen molar-refractivity contribution in [3.05, 3.63) is 0 Å². The Kier molecular flexibility index (Phi) is 8.04. The monoisotopic (exact) mass is 183 g/mol. The van der Waals surface area contributed by atoms with Crippen molar-refractivity contribution in [1.29, 1.82) is 0 Å². The Labute approximate surface area is 69.0 Å². The first-order chi connectivity index (χ1) is 4.77. The Bertz CT molecular complexity index is 155. The van der Waals surface area contributed by atoms with Crippen LogP contribution in [0.1, 0.15) is 13.3 Å². The van der Waals surface area contributed by atoms with Crippen molar-refractivity contribution in [3.8, 4) is 0 Å². The van der Waals surface area contributed by atoms with Gasteiger partial charge in [-0.3, -0.25) is 4.55 Å². The fraction of sp³-hybridized carbons (Fsp3) is 1.00. The van der Waals surface area contributed by atoms with E-state index in [-0.39, 0.29) is 0 Å². The number of rotatable bonds is 2. The second-order valence-corrected chi connectivity index (χ2v) is 4.00. The standard InChI is InChI=1S/C5H13N.CH4O3S/c1-4-5-6(2)3;1-5(2,3)4/h4-5H2,1-3H3;1H3,(H,2,3,4). The van der Waals surface area contributed by atoms with Crippen molar-refractivity contribution in [2.24, 2.45) is 0 Å². The first-order valence-corrected chi connectivity index (χ1v) is 5.19. The summed E-state index contributed by atoms with van der Waals surface area (Å²) in [4.78, 5) is 2.18. The van der Waals surface area contributed by atoms with E-state index in [0.717, 1.165) is 0 Å². The molecule has 4 nitrogen and oxygen atoms in total. The molecule has 0 heterocycles. The van der Waals surface area contributed by atoms with Gasteiger partial charge in [-0.1, -0.05) is 6.92 Å². The summed E-state index contributed by atoms with van der Waals surface area (Å²) in [6, 6.07) is 0. The minimum absolute atomic E-state index is 0.715. The van der Waals surface area contributed by atoms with E-state index in [2.05, 4.69) is 25.9 Å². The zero-order valence-electron chi connectivity index (χ0n) is 7.53. The third-order valence-electron chi connectivity index (χ3n) is 0.671. The van der Waals surface area contributed by atoms with Gasteiger partial charge in [-0.05, 0) is 27.1 Å². The maximum absolute atomic E-state index is 9.19. The molecule has 5 heteroatoms. The molecule has 0 rings (SSSR count). The quantitative estimate of drug-likeness (QED) is 0.632. The minimum Gasteiger partial charge on any atom is -0.309 e. The lowest BCUT2D eigenvalue weighted by Gasteiger charge is -2.03. The highest BCUT2D eigenvalue weighted by Crippen LogP contribution is 1.76. The van der Waals surface area contributed by atoms with Crippen molar-refractivity contribution in [2.45, 2.75) is 13.3 Å². The van der Waals surface area contributed by atoms with Crippen LogP contribution in [-0.4, -0.2) is 44.8 Å². The molecule has 0 atom stereocenters. The highest BCUT2D eigenvalue weighted by molar-refractivity contribution is 7.85. The molecule has 0 aromatic heterocycles. The average Bonchev–Trinajstić information content (AvgIpc) is 1.58. The molecule has 0 fully saturated rings. The average molecular weight is 183 g/mol. The van der Waals surface area contributed by atoms with Gasteiger partial charge in [0.1, 0.15) is 0 Å². The summed E-state index contributed by atoms with van der Waals surface area (Å²) in [7, 11) is 0.507. The summed E-state index contributed by atoms with van der Waals surface area (Å²) in [6.45, 7) is 3.39. The lowest BCUT2D eigenvalue weighted by molar-refractivity contribution is 0.408. The lowest BCUT2D eigenvalue weighted by Crippen LogP contribution is -2.11. The fourth-order valence-electron chi connectivity index (χ4n) is 0.447. The maximum atomic E-state index is 9.19. The van der Waals surface area contributed by atoms with Crippen molar-refractivity contribution >= 4 is 10.1 Å². The number of hydrogen-bond donors (Lipinski definition) is 1. The summed E-state index contributed by atoms with van der Waals surface area (Å²) in [5, 5.41) is 0. The maximum Gasteiger partial charge on any atom is 0.261 e. The van der Waals surface area contributed by atoms with Crippen LogP contribution >= 0.6 is 0 Å². The van der Waals surface area contributed by atoms with Gasteiger partial charge >= 0.3 is 0 Å². The molecule has 11 heavy (non-hydrogen) atoms. The van der Waals surface area contributed by atoms with Gasteiger partial charge in [-0.15, -0.1) is 0 Å². The number of nitrogens with zero attached hydrogens (tertiary/aromatic N) is 1. The summed E-state index contributed by atoms with van der Waals surface area (Å²) in [6.07, 6.45) is 1.97. The predicted molar refractivity (Wildman–Crippen MR) is 46.3 cm³/mol. The third-order valence-corrected chi connectivity index (χ3v) is 0.671. The Morgan fingerprint density at radius 3 is 1.64 bits per heavy atom. The van der Waals surface area contributed by atoms with Crippen LogP contribution in [0.5, 0.6) is 0 Å². The molecule has 0 radical (unpaired) electrons. The molecule has 0 aliphatic rings. The van der Waals surface area contributed by atoms with Crippen molar-refractivity contribution < 1.29 is 13.0 Å². The van der Waals surface area contributed by atoms with Crippen LogP contribution < -0.4 is 0 Å². The molecule has 0 spiro atoms. The minimum atomic E-state index is -3.67. The molecule has 0 aliphatic carbocycles. The molecule has 0 saturated carbocycles. The van der Waals surface area contributed by atoms with E-state index in [9.17, 15) is 8.42 Å². The first kappa shape index (κ1) is 13.5. The van der Waals surface area contributed by atoms with Crippen LogP contribution in [0.4, 0.5) is 0 Å². The van der Waals surface area contributed by atoms with E-state index in [1.807, 2.05) is 0 Å². The zero-order chi connectivity index (χ0) is 9.49. The highest BCUT2D eigenvalue weighted by Gasteiger charge is 1.81. The molecule has 0 aromatic rings. The van der Waals surface area contributed by atoms with E-state index < -0.39 is 10.1 Å². The molecule has 0 bridgehead atoms. The van der Waals surface area contributed by atoms with Crippen LogP contribution in [0.25, 0.3) is 0 Å². The molecular formula is C6H17NO3S. The largest absolute Gasteiger partial charge is 0.309 e. The number of hydrogen-bond acceptors (Lipinski definition) is 3. The topological polar surface area (TPSA) is 57.6 Å². The molecule has 0 aliphatic heterocycles. The molecular weight excluding hydrogens is 166 g/mol. The lowest BCUT2D eigenvalue weighted by atomic mass is 10.5. The third kappa shape index (κ3) is 74.2. The Hall–Kier alpha value is -0.130. The van der Waals surface area contributed by atoms with E-state index in [1.165, 1.54) is 13.0 Å². The van der Waals surface area contributed by atoms with Gasteiger partial charge in [0, 0.05) is 0 Å². The van der Waals surface area contributed by atoms with Gasteiger partial charge < -0.3 is 4.90 Å². The summed E-state index contributed by atoms with van der Waals surface area (Å²) in [5.41, 5.74) is 0. The van der Waals surface area contributed by atoms with Crippen molar-refractivity contribution in [2.75, 3.05) is 26.9 Å². The second-order valence-electron chi connectivity index (χ2n) is 2.54.